The minimum atomic E-state index is -1.17. The summed E-state index contributed by atoms with van der Waals surface area (Å²) in [6.07, 6.45) is 7.81. The first-order valence-electron chi connectivity index (χ1n) is 7.37. The zero-order valence-corrected chi connectivity index (χ0v) is 12.5. The van der Waals surface area contributed by atoms with E-state index in [0.717, 1.165) is 22.5 Å². The van der Waals surface area contributed by atoms with Crippen molar-refractivity contribution in [3.05, 3.63) is 107 Å². The summed E-state index contributed by atoms with van der Waals surface area (Å²) < 4.78 is 0. The molecule has 0 aromatic heterocycles. The summed E-state index contributed by atoms with van der Waals surface area (Å²) in [6.45, 7) is 2.00. The van der Waals surface area contributed by atoms with Gasteiger partial charge in [0.15, 0.2) is 0 Å². The van der Waals surface area contributed by atoms with Crippen LogP contribution in [0.25, 0.3) is 0 Å². The van der Waals surface area contributed by atoms with Crippen molar-refractivity contribution in [1.82, 2.24) is 5.32 Å². The van der Waals surface area contributed by atoms with Crippen molar-refractivity contribution in [1.29, 1.82) is 0 Å². The molecule has 0 saturated carbocycles. The highest BCUT2D eigenvalue weighted by molar-refractivity contribution is 5.44. The first-order chi connectivity index (χ1) is 10.7. The first-order valence-corrected chi connectivity index (χ1v) is 7.37. The third kappa shape index (κ3) is 2.87. The second-order valence-corrected chi connectivity index (χ2v) is 5.43. The summed E-state index contributed by atoms with van der Waals surface area (Å²) in [7, 11) is 0. The molecular weight excluding hydrogens is 270 g/mol. The number of allylic oxidation sites excluding steroid dienone is 4. The third-order valence-corrected chi connectivity index (χ3v) is 3.76. The number of rotatable bonds is 3. The molecule has 110 valence electrons. The fourth-order valence-electron chi connectivity index (χ4n) is 2.63. The van der Waals surface area contributed by atoms with Crippen LogP contribution >= 0.6 is 0 Å². The number of nitrogens with one attached hydrogen (secondary N) is 1. The van der Waals surface area contributed by atoms with Crippen LogP contribution < -0.4 is 5.32 Å². The van der Waals surface area contributed by atoms with Crippen molar-refractivity contribution >= 4 is 0 Å². The molecule has 2 aromatic carbocycles. The highest BCUT2D eigenvalue weighted by Crippen LogP contribution is 2.32. The zero-order valence-electron chi connectivity index (χ0n) is 12.5. The van der Waals surface area contributed by atoms with Gasteiger partial charge in [-0.25, -0.2) is 0 Å². The normalized spacial score (nSPS) is 16.3. The van der Waals surface area contributed by atoms with E-state index < -0.39 is 5.60 Å². The second-order valence-electron chi connectivity index (χ2n) is 5.43. The minimum absolute atomic E-state index is 0.844. The van der Waals surface area contributed by atoms with Crippen LogP contribution in [-0.4, -0.2) is 5.11 Å². The van der Waals surface area contributed by atoms with Gasteiger partial charge in [-0.15, -0.1) is 0 Å². The lowest BCUT2D eigenvalue weighted by atomic mass is 9.85. The topological polar surface area (TPSA) is 32.3 Å². The summed E-state index contributed by atoms with van der Waals surface area (Å²) in [6, 6.07) is 19.4. The number of benzene rings is 2. The van der Waals surface area contributed by atoms with E-state index in [1.54, 1.807) is 0 Å². The molecule has 22 heavy (non-hydrogen) atoms. The van der Waals surface area contributed by atoms with Crippen LogP contribution in [0.5, 0.6) is 0 Å². The standard InChI is InChI=1S/C20H19NO/c1-16-9-8-14-19(21-16)15-20(22,17-10-4-2-5-11-17)18-12-6-3-7-13-18/h2-15,21-22H,1H3/b19-15-. The number of hydrogen-bond acceptors (Lipinski definition) is 2. The molecule has 0 saturated heterocycles. The molecule has 0 aliphatic carbocycles. The first kappa shape index (κ1) is 14.4. The van der Waals surface area contributed by atoms with Gasteiger partial charge in [-0.1, -0.05) is 66.7 Å². The summed E-state index contributed by atoms with van der Waals surface area (Å²) in [5.41, 5.74) is 2.45. The lowest BCUT2D eigenvalue weighted by Crippen LogP contribution is -2.27. The van der Waals surface area contributed by atoms with E-state index in [4.69, 9.17) is 0 Å². The van der Waals surface area contributed by atoms with Gasteiger partial charge in [0.25, 0.3) is 0 Å². The van der Waals surface area contributed by atoms with Crippen LogP contribution in [0.1, 0.15) is 18.1 Å². The maximum atomic E-state index is 11.4. The fraction of sp³-hybridized carbons (Fsp3) is 0.100. The smallest absolute Gasteiger partial charge is 0.135 e. The molecule has 1 heterocycles. The average Bonchev–Trinajstić information content (AvgIpc) is 2.56. The minimum Gasteiger partial charge on any atom is -0.377 e. The molecule has 0 unspecified atom stereocenters. The van der Waals surface area contributed by atoms with Gasteiger partial charge in [0.2, 0.25) is 0 Å². The maximum Gasteiger partial charge on any atom is 0.135 e. The van der Waals surface area contributed by atoms with Crippen molar-refractivity contribution in [2.24, 2.45) is 0 Å². The molecule has 1 aliphatic heterocycles. The maximum absolute atomic E-state index is 11.4. The molecule has 1 aliphatic rings. The molecule has 2 heteroatoms. The monoisotopic (exact) mass is 289 g/mol. The van der Waals surface area contributed by atoms with E-state index in [-0.39, 0.29) is 0 Å². The van der Waals surface area contributed by atoms with Crippen LogP contribution in [0, 0.1) is 0 Å². The van der Waals surface area contributed by atoms with Crippen LogP contribution in [0.3, 0.4) is 0 Å². The predicted octanol–water partition coefficient (Wildman–Crippen LogP) is 3.87. The Morgan fingerprint density at radius 1 is 0.909 bits per heavy atom. The van der Waals surface area contributed by atoms with Crippen LogP contribution in [-0.2, 0) is 5.60 Å². The van der Waals surface area contributed by atoms with Crippen molar-refractivity contribution in [2.75, 3.05) is 0 Å². The molecule has 2 N–H and O–H groups in total. The SMILES string of the molecule is CC1=CC=C/C(=C/C(O)(c2ccccc2)c2ccccc2)N1. The Morgan fingerprint density at radius 3 is 1.95 bits per heavy atom. The average molecular weight is 289 g/mol. The number of dihydropyridines is 1. The molecule has 3 rings (SSSR count). The number of hydrogen-bond donors (Lipinski definition) is 2. The Morgan fingerprint density at radius 2 is 1.45 bits per heavy atom. The Hall–Kier alpha value is -2.58. The summed E-state index contributed by atoms with van der Waals surface area (Å²) in [5, 5.41) is 14.7. The Bertz CT molecular complexity index is 687. The Balaban J connectivity index is 2.11. The van der Waals surface area contributed by atoms with Crippen molar-refractivity contribution in [3.8, 4) is 0 Å². The van der Waals surface area contributed by atoms with Crippen LogP contribution in [0.4, 0.5) is 0 Å². The van der Waals surface area contributed by atoms with E-state index in [1.807, 2.05) is 91.9 Å². The second kappa shape index (κ2) is 6.04. The summed E-state index contributed by atoms with van der Waals surface area (Å²) >= 11 is 0. The molecule has 2 nitrogen and oxygen atoms in total. The molecule has 0 radical (unpaired) electrons. The lowest BCUT2D eigenvalue weighted by Gasteiger charge is -2.27. The highest BCUT2D eigenvalue weighted by Gasteiger charge is 2.29. The van der Waals surface area contributed by atoms with Crippen molar-refractivity contribution < 1.29 is 5.11 Å². The van der Waals surface area contributed by atoms with Crippen molar-refractivity contribution in [3.63, 3.8) is 0 Å². The predicted molar refractivity (Wildman–Crippen MR) is 90.0 cm³/mol. The molecule has 0 fully saturated rings. The quantitative estimate of drug-likeness (QED) is 0.899. The van der Waals surface area contributed by atoms with Crippen LogP contribution in [0.15, 0.2) is 96.4 Å². The zero-order chi connectivity index (χ0) is 15.4. The van der Waals surface area contributed by atoms with Gasteiger partial charge >= 0.3 is 0 Å². The molecule has 0 atom stereocenters. The van der Waals surface area contributed by atoms with Gasteiger partial charge in [0, 0.05) is 11.4 Å². The molecule has 0 bridgehead atoms. The largest absolute Gasteiger partial charge is 0.377 e. The van der Waals surface area contributed by atoms with Gasteiger partial charge < -0.3 is 10.4 Å². The lowest BCUT2D eigenvalue weighted by molar-refractivity contribution is 0.133. The van der Waals surface area contributed by atoms with E-state index in [2.05, 4.69) is 5.32 Å². The number of aliphatic hydroxyl groups is 1. The van der Waals surface area contributed by atoms with Gasteiger partial charge in [0.1, 0.15) is 5.60 Å². The van der Waals surface area contributed by atoms with E-state index >= 15 is 0 Å². The molecule has 2 aromatic rings. The highest BCUT2D eigenvalue weighted by atomic mass is 16.3. The fourth-order valence-corrected chi connectivity index (χ4v) is 2.63. The van der Waals surface area contributed by atoms with Gasteiger partial charge in [-0.2, -0.15) is 0 Å². The third-order valence-electron chi connectivity index (χ3n) is 3.76. The Labute approximate surface area is 131 Å². The summed E-state index contributed by atoms with van der Waals surface area (Å²) in [5.74, 6) is 0. The molecule has 0 amide bonds. The van der Waals surface area contributed by atoms with E-state index in [1.165, 1.54) is 0 Å². The molecular formula is C20H19NO. The van der Waals surface area contributed by atoms with E-state index in [0.29, 0.717) is 0 Å². The van der Waals surface area contributed by atoms with Gasteiger partial charge in [0.05, 0.1) is 0 Å². The van der Waals surface area contributed by atoms with Gasteiger partial charge in [-0.3, -0.25) is 0 Å². The Kier molecular flexibility index (Phi) is 3.94. The van der Waals surface area contributed by atoms with Crippen LogP contribution in [0.2, 0.25) is 0 Å². The summed E-state index contributed by atoms with van der Waals surface area (Å²) in [4.78, 5) is 0. The van der Waals surface area contributed by atoms with Crippen molar-refractivity contribution in [2.45, 2.75) is 12.5 Å². The molecule has 0 spiro atoms. The van der Waals surface area contributed by atoms with Gasteiger partial charge in [-0.05, 0) is 36.3 Å². The van der Waals surface area contributed by atoms with E-state index in [9.17, 15) is 5.11 Å².